The largest absolute Gasteiger partial charge is 0.388 e. The first-order valence-electron chi connectivity index (χ1n) is 5.85. The van der Waals surface area contributed by atoms with E-state index in [2.05, 4.69) is 15.9 Å². The second-order valence-electron chi connectivity index (χ2n) is 4.47. The van der Waals surface area contributed by atoms with E-state index in [0.29, 0.717) is 5.56 Å². The summed E-state index contributed by atoms with van der Waals surface area (Å²) in [6.45, 7) is 1.90. The minimum Gasteiger partial charge on any atom is -0.388 e. The van der Waals surface area contributed by atoms with Gasteiger partial charge in [0.05, 0.1) is 6.10 Å². The number of benzene rings is 2. The molecule has 2 rings (SSSR count). The average Bonchev–Trinajstić information content (AvgIpc) is 2.36. The third-order valence-corrected chi connectivity index (χ3v) is 3.51. The molecule has 0 aliphatic rings. The third-order valence-electron chi connectivity index (χ3n) is 3.01. The molecule has 0 aliphatic carbocycles. The lowest BCUT2D eigenvalue weighted by Crippen LogP contribution is -2.04. The lowest BCUT2D eigenvalue weighted by molar-refractivity contribution is 0.177. The van der Waals surface area contributed by atoms with Gasteiger partial charge in [-0.25, -0.2) is 8.78 Å². The molecule has 1 nitrogen and oxygen atoms in total. The quantitative estimate of drug-likeness (QED) is 0.891. The lowest BCUT2D eigenvalue weighted by Gasteiger charge is -2.14. The zero-order valence-electron chi connectivity index (χ0n) is 10.3. The fourth-order valence-electron chi connectivity index (χ4n) is 1.97. The van der Waals surface area contributed by atoms with Crippen molar-refractivity contribution in [2.24, 2.45) is 0 Å². The molecule has 0 fully saturated rings. The Kier molecular flexibility index (Phi) is 4.32. The number of hydrogen-bond acceptors (Lipinski definition) is 1. The molecule has 2 aromatic rings. The summed E-state index contributed by atoms with van der Waals surface area (Å²) in [6, 6.07) is 9.29. The van der Waals surface area contributed by atoms with Crippen molar-refractivity contribution in [1.82, 2.24) is 0 Å². The topological polar surface area (TPSA) is 20.2 Å². The number of aryl methyl sites for hydroxylation is 1. The van der Waals surface area contributed by atoms with Crippen LogP contribution in [0, 0.1) is 18.6 Å². The van der Waals surface area contributed by atoms with Crippen molar-refractivity contribution in [3.63, 3.8) is 0 Å². The fraction of sp³-hybridized carbons (Fsp3) is 0.200. The van der Waals surface area contributed by atoms with Crippen LogP contribution in [0.5, 0.6) is 0 Å². The Morgan fingerprint density at radius 2 is 1.84 bits per heavy atom. The maximum Gasteiger partial charge on any atom is 0.159 e. The summed E-state index contributed by atoms with van der Waals surface area (Å²) in [4.78, 5) is 0. The number of hydrogen-bond donors (Lipinski definition) is 1. The van der Waals surface area contributed by atoms with E-state index in [4.69, 9.17) is 0 Å². The van der Waals surface area contributed by atoms with Gasteiger partial charge in [-0.1, -0.05) is 28.1 Å². The van der Waals surface area contributed by atoms with Gasteiger partial charge < -0.3 is 5.11 Å². The zero-order valence-corrected chi connectivity index (χ0v) is 11.9. The summed E-state index contributed by atoms with van der Waals surface area (Å²) in [7, 11) is 0. The van der Waals surface area contributed by atoms with Crippen molar-refractivity contribution in [1.29, 1.82) is 0 Å². The molecule has 100 valence electrons. The molecule has 4 heteroatoms. The third kappa shape index (κ3) is 3.39. The summed E-state index contributed by atoms with van der Waals surface area (Å²) in [5.41, 5.74) is 2.29. The number of halogens is 3. The van der Waals surface area contributed by atoms with Gasteiger partial charge in [0.1, 0.15) is 0 Å². The Hall–Kier alpha value is -1.26. The van der Waals surface area contributed by atoms with Gasteiger partial charge in [-0.05, 0) is 47.9 Å². The van der Waals surface area contributed by atoms with Crippen molar-refractivity contribution >= 4 is 15.9 Å². The van der Waals surface area contributed by atoms with Crippen LogP contribution in [0.4, 0.5) is 8.78 Å². The van der Waals surface area contributed by atoms with Crippen LogP contribution in [0.1, 0.15) is 22.8 Å². The maximum atomic E-state index is 13.1. The van der Waals surface area contributed by atoms with Crippen LogP contribution >= 0.6 is 15.9 Å². The smallest absolute Gasteiger partial charge is 0.159 e. The predicted octanol–water partition coefficient (Wildman–Crippen LogP) is 4.31. The molecular formula is C15H13BrF2O. The SMILES string of the molecule is Cc1ccc(Br)cc1C(O)Cc1ccc(F)c(F)c1. The van der Waals surface area contributed by atoms with E-state index < -0.39 is 17.7 Å². The van der Waals surface area contributed by atoms with E-state index in [1.165, 1.54) is 6.07 Å². The van der Waals surface area contributed by atoms with E-state index in [-0.39, 0.29) is 6.42 Å². The fourth-order valence-corrected chi connectivity index (χ4v) is 2.35. The highest BCUT2D eigenvalue weighted by molar-refractivity contribution is 9.10. The molecule has 19 heavy (non-hydrogen) atoms. The first-order chi connectivity index (χ1) is 8.97. The van der Waals surface area contributed by atoms with Crippen molar-refractivity contribution in [2.75, 3.05) is 0 Å². The number of aliphatic hydroxyl groups is 1. The van der Waals surface area contributed by atoms with Crippen LogP contribution in [0.2, 0.25) is 0 Å². The first kappa shape index (κ1) is 14.2. The van der Waals surface area contributed by atoms with E-state index in [1.54, 1.807) is 0 Å². The summed E-state index contributed by atoms with van der Waals surface area (Å²) in [5.74, 6) is -1.77. The van der Waals surface area contributed by atoms with Crippen LogP contribution < -0.4 is 0 Å². The van der Waals surface area contributed by atoms with Gasteiger partial charge in [0.15, 0.2) is 11.6 Å². The highest BCUT2D eigenvalue weighted by atomic mass is 79.9. The van der Waals surface area contributed by atoms with Gasteiger partial charge in [0, 0.05) is 10.9 Å². The summed E-state index contributed by atoms with van der Waals surface area (Å²) < 4.78 is 26.8. The first-order valence-corrected chi connectivity index (χ1v) is 6.64. The van der Waals surface area contributed by atoms with Gasteiger partial charge >= 0.3 is 0 Å². The summed E-state index contributed by atoms with van der Waals surface area (Å²) in [6.07, 6.45) is -0.503. The molecule has 0 saturated carbocycles. The standard InChI is InChI=1S/C15H13BrF2O/c1-9-2-4-11(16)8-12(9)15(19)7-10-3-5-13(17)14(18)6-10/h2-6,8,15,19H,7H2,1H3. The van der Waals surface area contributed by atoms with Gasteiger partial charge in [-0.15, -0.1) is 0 Å². The van der Waals surface area contributed by atoms with Crippen LogP contribution in [0.3, 0.4) is 0 Å². The van der Waals surface area contributed by atoms with Crippen LogP contribution in [-0.2, 0) is 6.42 Å². The minimum absolute atomic E-state index is 0.245. The van der Waals surface area contributed by atoms with Crippen molar-refractivity contribution in [3.05, 3.63) is 69.2 Å². The normalized spacial score (nSPS) is 12.5. The molecule has 0 bridgehead atoms. The number of rotatable bonds is 3. The molecule has 0 aromatic heterocycles. The molecule has 0 aliphatic heterocycles. The molecule has 0 spiro atoms. The van der Waals surface area contributed by atoms with E-state index in [0.717, 1.165) is 27.7 Å². The molecule has 0 radical (unpaired) electrons. The second-order valence-corrected chi connectivity index (χ2v) is 5.38. The minimum atomic E-state index is -0.893. The maximum absolute atomic E-state index is 13.1. The Morgan fingerprint density at radius 1 is 1.11 bits per heavy atom. The Balaban J connectivity index is 2.22. The van der Waals surface area contributed by atoms with Crippen LogP contribution in [-0.4, -0.2) is 5.11 Å². The molecule has 0 amide bonds. The molecule has 0 heterocycles. The van der Waals surface area contributed by atoms with Gasteiger partial charge in [-0.2, -0.15) is 0 Å². The van der Waals surface area contributed by atoms with Gasteiger partial charge in [0.2, 0.25) is 0 Å². The average molecular weight is 327 g/mol. The molecule has 1 N–H and O–H groups in total. The van der Waals surface area contributed by atoms with Crippen molar-refractivity contribution < 1.29 is 13.9 Å². The van der Waals surface area contributed by atoms with Crippen LogP contribution in [0.25, 0.3) is 0 Å². The van der Waals surface area contributed by atoms with Gasteiger partial charge in [0.25, 0.3) is 0 Å². The Bertz CT molecular complexity index is 599. The van der Waals surface area contributed by atoms with E-state index in [1.807, 2.05) is 25.1 Å². The van der Waals surface area contributed by atoms with Crippen molar-refractivity contribution in [3.8, 4) is 0 Å². The Labute approximate surface area is 119 Å². The highest BCUT2D eigenvalue weighted by Gasteiger charge is 2.13. The number of aliphatic hydroxyl groups excluding tert-OH is 1. The zero-order chi connectivity index (χ0) is 14.0. The predicted molar refractivity (Wildman–Crippen MR) is 73.9 cm³/mol. The lowest BCUT2D eigenvalue weighted by atomic mass is 9.98. The monoisotopic (exact) mass is 326 g/mol. The van der Waals surface area contributed by atoms with E-state index >= 15 is 0 Å². The molecule has 1 unspecified atom stereocenters. The highest BCUT2D eigenvalue weighted by Crippen LogP contribution is 2.25. The molecule has 1 atom stereocenters. The van der Waals surface area contributed by atoms with E-state index in [9.17, 15) is 13.9 Å². The molecule has 2 aromatic carbocycles. The second kappa shape index (κ2) is 5.80. The summed E-state index contributed by atoms with van der Waals surface area (Å²) >= 11 is 3.35. The molecule has 0 saturated heterocycles. The van der Waals surface area contributed by atoms with Crippen molar-refractivity contribution in [2.45, 2.75) is 19.4 Å². The van der Waals surface area contributed by atoms with Gasteiger partial charge in [-0.3, -0.25) is 0 Å². The molecular weight excluding hydrogens is 314 g/mol. The summed E-state index contributed by atoms with van der Waals surface area (Å²) in [5, 5.41) is 10.2. The Morgan fingerprint density at radius 3 is 2.53 bits per heavy atom. The van der Waals surface area contributed by atoms with Crippen LogP contribution in [0.15, 0.2) is 40.9 Å².